The van der Waals surface area contributed by atoms with Crippen molar-refractivity contribution in [1.82, 2.24) is 15.3 Å². The van der Waals surface area contributed by atoms with E-state index in [4.69, 9.17) is 4.74 Å². The van der Waals surface area contributed by atoms with Gasteiger partial charge in [-0.2, -0.15) is 0 Å². The summed E-state index contributed by atoms with van der Waals surface area (Å²) in [5.41, 5.74) is 3.01. The van der Waals surface area contributed by atoms with Crippen molar-refractivity contribution in [2.45, 2.75) is 13.5 Å². The van der Waals surface area contributed by atoms with E-state index in [-0.39, 0.29) is 5.91 Å². The molecule has 3 rings (SSSR count). The number of rotatable bonds is 6. The van der Waals surface area contributed by atoms with Crippen LogP contribution in [0.25, 0.3) is 0 Å². The van der Waals surface area contributed by atoms with Gasteiger partial charge in [-0.05, 0) is 42.8 Å². The highest BCUT2D eigenvalue weighted by molar-refractivity contribution is 5.92. The van der Waals surface area contributed by atoms with Crippen molar-refractivity contribution in [3.63, 3.8) is 0 Å². The lowest BCUT2D eigenvalue weighted by Gasteiger charge is -2.18. The van der Waals surface area contributed by atoms with Gasteiger partial charge in [0.2, 0.25) is 5.95 Å². The van der Waals surface area contributed by atoms with Crippen LogP contribution in [0.5, 0.6) is 5.75 Å². The van der Waals surface area contributed by atoms with Gasteiger partial charge in [-0.25, -0.2) is 9.97 Å². The Morgan fingerprint density at radius 1 is 1.07 bits per heavy atom. The summed E-state index contributed by atoms with van der Waals surface area (Å²) in [5.74, 6) is 1.03. The first-order valence-electron chi connectivity index (χ1n) is 8.62. The molecule has 138 valence electrons. The second-order valence-corrected chi connectivity index (χ2v) is 6.12. The Labute approximate surface area is 158 Å². The zero-order chi connectivity index (χ0) is 19.2. The number of hydrogen-bond acceptors (Lipinski definition) is 5. The van der Waals surface area contributed by atoms with E-state index < -0.39 is 0 Å². The van der Waals surface area contributed by atoms with Gasteiger partial charge in [-0.15, -0.1) is 0 Å². The molecule has 0 radical (unpaired) electrons. The van der Waals surface area contributed by atoms with Crippen molar-refractivity contribution >= 4 is 17.5 Å². The number of nitrogens with zero attached hydrogens (tertiary/aromatic N) is 3. The minimum atomic E-state index is -0.237. The van der Waals surface area contributed by atoms with E-state index in [0.29, 0.717) is 18.2 Å². The topological polar surface area (TPSA) is 67.3 Å². The lowest BCUT2D eigenvalue weighted by atomic mass is 10.2. The smallest absolute Gasteiger partial charge is 0.270 e. The fourth-order valence-corrected chi connectivity index (χ4v) is 2.60. The summed E-state index contributed by atoms with van der Waals surface area (Å²) in [6, 6.07) is 19.0. The highest BCUT2D eigenvalue weighted by atomic mass is 16.5. The lowest BCUT2D eigenvalue weighted by Crippen LogP contribution is -2.25. The Morgan fingerprint density at radius 3 is 2.44 bits per heavy atom. The normalized spacial score (nSPS) is 10.3. The minimum Gasteiger partial charge on any atom is -0.497 e. The molecule has 6 nitrogen and oxygen atoms in total. The first-order chi connectivity index (χ1) is 13.1. The van der Waals surface area contributed by atoms with Crippen molar-refractivity contribution in [3.05, 3.63) is 77.6 Å². The van der Waals surface area contributed by atoms with Gasteiger partial charge < -0.3 is 15.0 Å². The van der Waals surface area contributed by atoms with Crippen LogP contribution in [-0.2, 0) is 6.54 Å². The number of ether oxygens (including phenoxy) is 1. The van der Waals surface area contributed by atoms with Crippen molar-refractivity contribution in [3.8, 4) is 5.75 Å². The largest absolute Gasteiger partial charge is 0.497 e. The number of para-hydroxylation sites is 1. The average molecular weight is 362 g/mol. The number of amides is 1. The number of methoxy groups -OCH3 is 1. The van der Waals surface area contributed by atoms with Crippen molar-refractivity contribution in [2.24, 2.45) is 0 Å². The van der Waals surface area contributed by atoms with E-state index in [9.17, 15) is 4.79 Å². The fraction of sp³-hybridized carbons (Fsp3) is 0.190. The van der Waals surface area contributed by atoms with Crippen LogP contribution in [0, 0.1) is 6.92 Å². The molecule has 3 aromatic rings. The van der Waals surface area contributed by atoms with Gasteiger partial charge in [-0.3, -0.25) is 4.79 Å². The summed E-state index contributed by atoms with van der Waals surface area (Å²) >= 11 is 0. The molecule has 1 N–H and O–H groups in total. The summed E-state index contributed by atoms with van der Waals surface area (Å²) in [5, 5.41) is 2.90. The van der Waals surface area contributed by atoms with E-state index in [1.54, 1.807) is 13.2 Å². The van der Waals surface area contributed by atoms with Gasteiger partial charge >= 0.3 is 0 Å². The van der Waals surface area contributed by atoms with Crippen LogP contribution in [0.4, 0.5) is 11.6 Å². The molecule has 0 atom stereocenters. The molecule has 2 aromatic carbocycles. The van der Waals surface area contributed by atoms with Crippen LogP contribution in [0.2, 0.25) is 0 Å². The highest BCUT2D eigenvalue weighted by Gasteiger charge is 2.14. The number of anilines is 2. The Kier molecular flexibility index (Phi) is 5.66. The van der Waals surface area contributed by atoms with Crippen molar-refractivity contribution in [1.29, 1.82) is 0 Å². The minimum absolute atomic E-state index is 0.237. The fourth-order valence-electron chi connectivity index (χ4n) is 2.60. The quantitative estimate of drug-likeness (QED) is 0.727. The Balaban J connectivity index is 1.73. The monoisotopic (exact) mass is 362 g/mol. The molecule has 0 spiro atoms. The second-order valence-electron chi connectivity index (χ2n) is 6.12. The second kappa shape index (κ2) is 8.31. The third-order valence-corrected chi connectivity index (χ3v) is 4.13. The molecule has 1 aromatic heterocycles. The molecule has 0 unspecified atom stereocenters. The summed E-state index contributed by atoms with van der Waals surface area (Å²) < 4.78 is 5.14. The summed E-state index contributed by atoms with van der Waals surface area (Å²) in [6.07, 6.45) is 0. The predicted molar refractivity (Wildman–Crippen MR) is 105 cm³/mol. The summed E-state index contributed by atoms with van der Waals surface area (Å²) in [4.78, 5) is 23.3. The molecule has 27 heavy (non-hydrogen) atoms. The zero-order valence-corrected chi connectivity index (χ0v) is 15.6. The maximum Gasteiger partial charge on any atom is 0.270 e. The molecule has 0 saturated heterocycles. The maximum absolute atomic E-state index is 12.6. The van der Waals surface area contributed by atoms with Gasteiger partial charge in [0, 0.05) is 25.0 Å². The molecule has 0 aliphatic carbocycles. The first-order valence-corrected chi connectivity index (χ1v) is 8.62. The first kappa shape index (κ1) is 18.4. The van der Waals surface area contributed by atoms with Crippen LogP contribution in [0.15, 0.2) is 60.7 Å². The molecule has 1 heterocycles. The number of carbonyl (C=O) groups excluding carboxylic acids is 1. The number of nitrogens with one attached hydrogen (secondary N) is 1. The van der Waals surface area contributed by atoms with E-state index in [0.717, 1.165) is 22.7 Å². The van der Waals surface area contributed by atoms with E-state index in [1.165, 1.54) is 0 Å². The molecule has 1 amide bonds. The summed E-state index contributed by atoms with van der Waals surface area (Å²) in [6.45, 7) is 2.26. The van der Waals surface area contributed by atoms with E-state index in [1.807, 2.05) is 73.5 Å². The molecular formula is C21H22N4O2. The van der Waals surface area contributed by atoms with E-state index >= 15 is 0 Å². The Morgan fingerprint density at radius 2 is 1.78 bits per heavy atom. The average Bonchev–Trinajstić information content (AvgIpc) is 2.72. The number of benzene rings is 2. The van der Waals surface area contributed by atoms with Gasteiger partial charge in [0.25, 0.3) is 5.91 Å². The third-order valence-electron chi connectivity index (χ3n) is 4.13. The Hall–Kier alpha value is -3.41. The predicted octanol–water partition coefficient (Wildman–Crippen LogP) is 3.49. The zero-order valence-electron chi connectivity index (χ0n) is 15.6. The van der Waals surface area contributed by atoms with Gasteiger partial charge in [0.05, 0.1) is 7.11 Å². The van der Waals surface area contributed by atoms with Crippen LogP contribution in [-0.4, -0.2) is 30.0 Å². The number of aromatic nitrogens is 2. The van der Waals surface area contributed by atoms with Crippen LogP contribution < -0.4 is 15.0 Å². The van der Waals surface area contributed by atoms with Crippen LogP contribution in [0.3, 0.4) is 0 Å². The third kappa shape index (κ3) is 4.61. The molecule has 0 bridgehead atoms. The van der Waals surface area contributed by atoms with Gasteiger partial charge in [0.1, 0.15) is 11.4 Å². The number of carbonyl (C=O) groups is 1. The number of aryl methyl sites for hydroxylation is 1. The molecule has 0 saturated carbocycles. The molecule has 0 fully saturated rings. The number of hydrogen-bond donors (Lipinski definition) is 1. The standard InChI is InChI=1S/C21H22N4O2/c1-15-13-19(20(26)22-14-16-9-11-18(27-3)12-10-16)24-21(23-15)25(2)17-7-5-4-6-8-17/h4-13H,14H2,1-3H3,(H,22,26). The maximum atomic E-state index is 12.6. The molecular weight excluding hydrogens is 340 g/mol. The van der Waals surface area contributed by atoms with Gasteiger partial charge in [-0.1, -0.05) is 30.3 Å². The van der Waals surface area contributed by atoms with Gasteiger partial charge in [0.15, 0.2) is 0 Å². The Bertz CT molecular complexity index is 911. The lowest BCUT2D eigenvalue weighted by molar-refractivity contribution is 0.0945. The molecule has 6 heteroatoms. The van der Waals surface area contributed by atoms with E-state index in [2.05, 4.69) is 15.3 Å². The van der Waals surface area contributed by atoms with Crippen LogP contribution >= 0.6 is 0 Å². The summed E-state index contributed by atoms with van der Waals surface area (Å²) in [7, 11) is 3.50. The molecule has 0 aliphatic rings. The van der Waals surface area contributed by atoms with Crippen molar-refractivity contribution < 1.29 is 9.53 Å². The van der Waals surface area contributed by atoms with Crippen LogP contribution in [0.1, 0.15) is 21.7 Å². The highest BCUT2D eigenvalue weighted by Crippen LogP contribution is 2.20. The molecule has 0 aliphatic heterocycles. The van der Waals surface area contributed by atoms with Crippen molar-refractivity contribution in [2.75, 3.05) is 19.1 Å². The SMILES string of the molecule is COc1ccc(CNC(=O)c2cc(C)nc(N(C)c3ccccc3)n2)cc1.